The first-order valence-corrected chi connectivity index (χ1v) is 4.85. The molecule has 3 unspecified atom stereocenters. The van der Waals surface area contributed by atoms with Crippen LogP contribution in [0, 0.1) is 5.92 Å². The van der Waals surface area contributed by atoms with Crippen molar-refractivity contribution >= 4 is 5.97 Å². The first-order valence-electron chi connectivity index (χ1n) is 4.85. The molecule has 1 saturated heterocycles. The van der Waals surface area contributed by atoms with Crippen molar-refractivity contribution in [1.82, 2.24) is 5.32 Å². The van der Waals surface area contributed by atoms with E-state index in [1.54, 1.807) is 0 Å². The first-order chi connectivity index (χ1) is 6.77. The van der Waals surface area contributed by atoms with E-state index in [1.165, 1.54) is 11.1 Å². The molecule has 2 aliphatic rings. The van der Waals surface area contributed by atoms with E-state index in [9.17, 15) is 4.79 Å². The van der Waals surface area contributed by atoms with Crippen molar-refractivity contribution in [1.29, 1.82) is 0 Å². The van der Waals surface area contributed by atoms with Crippen LogP contribution >= 0.6 is 0 Å². The minimum atomic E-state index is -0.681. The van der Waals surface area contributed by atoms with Crippen LogP contribution < -0.4 is 5.32 Å². The maximum absolute atomic E-state index is 11.0. The molecule has 3 rings (SSSR count). The molecule has 0 saturated carbocycles. The summed E-state index contributed by atoms with van der Waals surface area (Å²) in [7, 11) is 0. The van der Waals surface area contributed by atoms with E-state index < -0.39 is 5.97 Å². The molecule has 3 nitrogen and oxygen atoms in total. The summed E-state index contributed by atoms with van der Waals surface area (Å²) in [6.45, 7) is 0. The van der Waals surface area contributed by atoms with Crippen LogP contribution in [0.5, 0.6) is 0 Å². The zero-order valence-corrected chi connectivity index (χ0v) is 7.60. The third kappa shape index (κ3) is 0.876. The maximum Gasteiger partial charge on any atom is 0.308 e. The average molecular weight is 189 g/mol. The highest BCUT2D eigenvalue weighted by atomic mass is 16.4. The fraction of sp³-hybridized carbons (Fsp3) is 0.364. The number of aliphatic carboxylic acids is 1. The number of rotatable bonds is 1. The van der Waals surface area contributed by atoms with E-state index in [1.807, 2.05) is 18.2 Å². The lowest BCUT2D eigenvalue weighted by Crippen LogP contribution is -2.21. The Morgan fingerprint density at radius 3 is 2.79 bits per heavy atom. The molecule has 72 valence electrons. The Morgan fingerprint density at radius 2 is 2.07 bits per heavy atom. The Hall–Kier alpha value is -1.35. The fourth-order valence-electron chi connectivity index (χ4n) is 2.67. The number of benzene rings is 1. The molecule has 0 radical (unpaired) electrons. The Kier molecular flexibility index (Phi) is 1.47. The van der Waals surface area contributed by atoms with E-state index in [0.717, 1.165) is 6.42 Å². The van der Waals surface area contributed by atoms with Gasteiger partial charge in [0.05, 0.1) is 5.92 Å². The summed E-state index contributed by atoms with van der Waals surface area (Å²) in [6.07, 6.45) is 0.733. The van der Waals surface area contributed by atoms with Crippen LogP contribution in [-0.2, 0) is 4.79 Å². The second-order valence-corrected chi connectivity index (χ2v) is 4.01. The van der Waals surface area contributed by atoms with Crippen molar-refractivity contribution in [2.24, 2.45) is 5.92 Å². The van der Waals surface area contributed by atoms with Gasteiger partial charge in [-0.3, -0.25) is 4.79 Å². The molecule has 1 aromatic rings. The van der Waals surface area contributed by atoms with Crippen molar-refractivity contribution in [2.75, 3.05) is 0 Å². The van der Waals surface area contributed by atoms with E-state index >= 15 is 0 Å². The van der Waals surface area contributed by atoms with Crippen molar-refractivity contribution in [2.45, 2.75) is 18.5 Å². The third-order valence-electron chi connectivity index (χ3n) is 3.30. The SMILES string of the molecule is O=C(O)C1CC2NC1c1ccccc12. The molecule has 2 heterocycles. The first kappa shape index (κ1) is 8.00. The van der Waals surface area contributed by atoms with Gasteiger partial charge in [0.1, 0.15) is 0 Å². The largest absolute Gasteiger partial charge is 0.481 e. The molecule has 0 aromatic heterocycles. The van der Waals surface area contributed by atoms with Crippen molar-refractivity contribution in [3.63, 3.8) is 0 Å². The van der Waals surface area contributed by atoms with Crippen LogP contribution in [0.2, 0.25) is 0 Å². The Labute approximate surface area is 81.8 Å². The highest BCUT2D eigenvalue weighted by Crippen LogP contribution is 2.48. The molecule has 3 atom stereocenters. The topological polar surface area (TPSA) is 49.3 Å². The molecule has 2 aliphatic heterocycles. The van der Waals surface area contributed by atoms with E-state index in [4.69, 9.17) is 5.11 Å². The smallest absolute Gasteiger partial charge is 0.308 e. The van der Waals surface area contributed by atoms with Crippen LogP contribution in [0.25, 0.3) is 0 Å². The van der Waals surface area contributed by atoms with Gasteiger partial charge >= 0.3 is 5.97 Å². The van der Waals surface area contributed by atoms with Gasteiger partial charge < -0.3 is 10.4 Å². The summed E-state index contributed by atoms with van der Waals surface area (Å²) < 4.78 is 0. The summed E-state index contributed by atoms with van der Waals surface area (Å²) in [5.41, 5.74) is 2.46. The van der Waals surface area contributed by atoms with Crippen molar-refractivity contribution < 1.29 is 9.90 Å². The van der Waals surface area contributed by atoms with Gasteiger partial charge in [-0.15, -0.1) is 0 Å². The standard InChI is InChI=1S/C11H11NO2/c13-11(14)8-5-9-6-3-1-2-4-7(6)10(8)12-9/h1-4,8-10,12H,5H2,(H,13,14). The third-order valence-corrected chi connectivity index (χ3v) is 3.30. The molecule has 14 heavy (non-hydrogen) atoms. The number of carboxylic acids is 1. The lowest BCUT2D eigenvalue weighted by Gasteiger charge is -2.18. The number of fused-ring (bicyclic) bond motifs is 5. The second-order valence-electron chi connectivity index (χ2n) is 4.01. The van der Waals surface area contributed by atoms with Gasteiger partial charge in [-0.2, -0.15) is 0 Å². The molecule has 1 aromatic carbocycles. The lowest BCUT2D eigenvalue weighted by molar-refractivity contribution is -0.142. The van der Waals surface area contributed by atoms with Crippen LogP contribution in [-0.4, -0.2) is 11.1 Å². The number of carbonyl (C=O) groups is 1. The second kappa shape index (κ2) is 2.58. The summed E-state index contributed by atoms with van der Waals surface area (Å²) in [6, 6.07) is 8.40. The Bertz CT molecular complexity index is 402. The van der Waals surface area contributed by atoms with Gasteiger partial charge in [-0.1, -0.05) is 24.3 Å². The van der Waals surface area contributed by atoms with Crippen LogP contribution in [0.15, 0.2) is 24.3 Å². The van der Waals surface area contributed by atoms with Crippen LogP contribution in [0.4, 0.5) is 0 Å². The predicted octanol–water partition coefficient (Wildman–Crippen LogP) is 1.48. The minimum absolute atomic E-state index is 0.0358. The zero-order valence-electron chi connectivity index (χ0n) is 7.60. The highest BCUT2D eigenvalue weighted by molar-refractivity contribution is 5.73. The summed E-state index contributed by atoms with van der Waals surface area (Å²) in [5, 5.41) is 12.4. The van der Waals surface area contributed by atoms with E-state index in [2.05, 4.69) is 11.4 Å². The highest BCUT2D eigenvalue weighted by Gasteiger charge is 2.46. The van der Waals surface area contributed by atoms with Gasteiger partial charge in [-0.05, 0) is 17.5 Å². The predicted molar refractivity (Wildman–Crippen MR) is 50.8 cm³/mol. The van der Waals surface area contributed by atoms with Gasteiger partial charge in [0.25, 0.3) is 0 Å². The summed E-state index contributed by atoms with van der Waals surface area (Å²) in [4.78, 5) is 11.0. The molecule has 3 heteroatoms. The van der Waals surface area contributed by atoms with E-state index in [0.29, 0.717) is 0 Å². The summed E-state index contributed by atoms with van der Waals surface area (Å²) in [5.74, 6) is -0.922. The summed E-state index contributed by atoms with van der Waals surface area (Å²) >= 11 is 0. The quantitative estimate of drug-likeness (QED) is 0.703. The van der Waals surface area contributed by atoms with Gasteiger partial charge in [-0.25, -0.2) is 0 Å². The number of hydrogen-bond donors (Lipinski definition) is 2. The minimum Gasteiger partial charge on any atom is -0.481 e. The molecule has 2 N–H and O–H groups in total. The number of nitrogens with one attached hydrogen (secondary N) is 1. The maximum atomic E-state index is 11.0. The van der Waals surface area contributed by atoms with Crippen molar-refractivity contribution in [3.8, 4) is 0 Å². The van der Waals surface area contributed by atoms with E-state index in [-0.39, 0.29) is 18.0 Å². The monoisotopic (exact) mass is 189 g/mol. The molecular weight excluding hydrogens is 178 g/mol. The van der Waals surface area contributed by atoms with Crippen LogP contribution in [0.3, 0.4) is 0 Å². The molecular formula is C11H11NO2. The Balaban J connectivity index is 2.06. The van der Waals surface area contributed by atoms with Gasteiger partial charge in [0, 0.05) is 12.1 Å². The molecule has 0 spiro atoms. The van der Waals surface area contributed by atoms with Gasteiger partial charge in [0.2, 0.25) is 0 Å². The number of carboxylic acid groups (broad SMARTS) is 1. The average Bonchev–Trinajstić information content (AvgIpc) is 2.75. The van der Waals surface area contributed by atoms with Crippen LogP contribution in [0.1, 0.15) is 29.6 Å². The fourth-order valence-corrected chi connectivity index (χ4v) is 2.67. The lowest BCUT2D eigenvalue weighted by atomic mass is 9.84. The molecule has 0 amide bonds. The van der Waals surface area contributed by atoms with Crippen molar-refractivity contribution in [3.05, 3.63) is 35.4 Å². The zero-order chi connectivity index (χ0) is 9.71. The van der Waals surface area contributed by atoms with Gasteiger partial charge in [0.15, 0.2) is 0 Å². The number of hydrogen-bond acceptors (Lipinski definition) is 2. The molecule has 1 fully saturated rings. The molecule has 0 aliphatic carbocycles. The Morgan fingerprint density at radius 1 is 1.36 bits per heavy atom. The normalized spacial score (nSPS) is 33.0. The molecule has 2 bridgehead atoms.